The predicted molar refractivity (Wildman–Crippen MR) is 93.4 cm³/mol. The molecule has 7 atom stereocenters. The van der Waals surface area contributed by atoms with Crippen LogP contribution in [0.25, 0.3) is 0 Å². The molecule has 0 amide bonds. The maximum Gasteiger partial charge on any atom is 0.178 e. The van der Waals surface area contributed by atoms with E-state index in [2.05, 4.69) is 19.9 Å². The van der Waals surface area contributed by atoms with Crippen molar-refractivity contribution in [1.82, 2.24) is 0 Å². The molecular formula is C21H30O3. The molecule has 0 bridgehead atoms. The summed E-state index contributed by atoms with van der Waals surface area (Å²) in [6.45, 7) is 5.33. The van der Waals surface area contributed by atoms with Crippen LogP contribution in [-0.2, 0) is 9.53 Å². The molecule has 0 radical (unpaired) electrons. The molecule has 4 rings (SSSR count). The minimum Gasteiger partial charge on any atom is -0.393 e. The van der Waals surface area contributed by atoms with E-state index < -0.39 is 0 Å². The Hall–Kier alpha value is -0.930. The molecule has 3 fully saturated rings. The summed E-state index contributed by atoms with van der Waals surface area (Å²) >= 11 is 0. The molecule has 0 spiro atoms. The van der Waals surface area contributed by atoms with E-state index in [1.54, 1.807) is 13.2 Å². The third-order valence-corrected chi connectivity index (χ3v) is 8.04. The Balaban J connectivity index is 1.74. The molecule has 0 saturated heterocycles. The first-order chi connectivity index (χ1) is 11.4. The second-order valence-corrected chi connectivity index (χ2v) is 9.02. The first-order valence-electron chi connectivity index (χ1n) is 9.52. The van der Waals surface area contributed by atoms with Crippen LogP contribution in [0.15, 0.2) is 23.8 Å². The van der Waals surface area contributed by atoms with E-state index in [0.717, 1.165) is 32.1 Å². The van der Waals surface area contributed by atoms with Gasteiger partial charge in [-0.3, -0.25) is 4.79 Å². The van der Waals surface area contributed by atoms with Gasteiger partial charge in [0.05, 0.1) is 12.7 Å². The van der Waals surface area contributed by atoms with E-state index in [1.807, 2.05) is 6.08 Å². The van der Waals surface area contributed by atoms with Gasteiger partial charge in [0.15, 0.2) is 5.78 Å². The number of aliphatic hydroxyl groups excluding tert-OH is 1. The highest BCUT2D eigenvalue weighted by atomic mass is 16.5. The number of ketones is 1. The van der Waals surface area contributed by atoms with Crippen molar-refractivity contribution in [3.05, 3.63) is 23.8 Å². The number of hydrogen-bond acceptors (Lipinski definition) is 3. The average molecular weight is 330 g/mol. The van der Waals surface area contributed by atoms with E-state index in [0.29, 0.717) is 30.3 Å². The number of fused-ring (bicyclic) bond motifs is 5. The first kappa shape index (κ1) is 16.5. The van der Waals surface area contributed by atoms with E-state index in [-0.39, 0.29) is 22.7 Å². The van der Waals surface area contributed by atoms with Gasteiger partial charge in [0.2, 0.25) is 0 Å². The van der Waals surface area contributed by atoms with Crippen LogP contribution in [0, 0.1) is 34.5 Å². The molecule has 24 heavy (non-hydrogen) atoms. The molecular weight excluding hydrogens is 300 g/mol. The molecule has 4 aliphatic rings. The maximum absolute atomic E-state index is 12.0. The molecule has 0 aromatic carbocycles. The summed E-state index contributed by atoms with van der Waals surface area (Å²) in [6, 6.07) is 0. The van der Waals surface area contributed by atoms with Gasteiger partial charge in [0.1, 0.15) is 0 Å². The Bertz CT molecular complexity index is 606. The molecule has 0 heterocycles. The third-order valence-electron chi connectivity index (χ3n) is 8.04. The Morgan fingerprint density at radius 2 is 2.04 bits per heavy atom. The summed E-state index contributed by atoms with van der Waals surface area (Å²) < 4.78 is 5.52. The SMILES string of the molecule is COC[C@H]1C[C@H]2[C@@H]3CC[C@H](O)[C@@]3(C)CC[C@@H]2[C@@]2(C)C=CC(=O)C=C12. The monoisotopic (exact) mass is 330 g/mol. The number of ether oxygens (including phenoxy) is 1. The largest absolute Gasteiger partial charge is 0.393 e. The van der Waals surface area contributed by atoms with Crippen LogP contribution in [0.3, 0.4) is 0 Å². The van der Waals surface area contributed by atoms with Crippen molar-refractivity contribution in [2.24, 2.45) is 34.5 Å². The van der Waals surface area contributed by atoms with Gasteiger partial charge >= 0.3 is 0 Å². The van der Waals surface area contributed by atoms with Crippen molar-refractivity contribution in [2.75, 3.05) is 13.7 Å². The lowest BCUT2D eigenvalue weighted by molar-refractivity contribution is -0.111. The molecule has 0 aromatic rings. The van der Waals surface area contributed by atoms with Crippen molar-refractivity contribution < 1.29 is 14.6 Å². The van der Waals surface area contributed by atoms with E-state index in [9.17, 15) is 9.90 Å². The van der Waals surface area contributed by atoms with Crippen molar-refractivity contribution in [2.45, 2.75) is 52.1 Å². The predicted octanol–water partition coefficient (Wildman–Crippen LogP) is 3.53. The van der Waals surface area contributed by atoms with Crippen LogP contribution in [0.1, 0.15) is 46.0 Å². The molecule has 0 aromatic heterocycles. The van der Waals surface area contributed by atoms with Gasteiger partial charge in [-0.1, -0.05) is 25.5 Å². The fourth-order valence-electron chi connectivity index (χ4n) is 6.75. The second kappa shape index (κ2) is 5.54. The highest BCUT2D eigenvalue weighted by Crippen LogP contribution is 2.65. The van der Waals surface area contributed by atoms with E-state index in [4.69, 9.17) is 4.74 Å². The molecule has 132 valence electrons. The lowest BCUT2D eigenvalue weighted by Crippen LogP contribution is -2.52. The van der Waals surface area contributed by atoms with Crippen LogP contribution in [-0.4, -0.2) is 30.7 Å². The van der Waals surface area contributed by atoms with Crippen molar-refractivity contribution in [3.8, 4) is 0 Å². The van der Waals surface area contributed by atoms with Gasteiger partial charge in [0.25, 0.3) is 0 Å². The second-order valence-electron chi connectivity index (χ2n) is 9.02. The zero-order chi connectivity index (χ0) is 17.1. The minimum atomic E-state index is -0.141. The number of rotatable bonds is 2. The third kappa shape index (κ3) is 2.13. The number of carbonyl (C=O) groups excluding carboxylic acids is 1. The number of aliphatic hydroxyl groups is 1. The standard InChI is InChI=1S/C21H30O3/c1-20-8-6-14(22)11-18(20)13(12-24-3)10-15-16-4-5-19(23)21(16,2)9-7-17(15)20/h6,8,11,13,15-17,19,23H,4-5,7,9-10,12H2,1-3H3/t13-,15+,16+,17+,19+,20-,21+/m1/s1. The Labute approximate surface area is 145 Å². The highest BCUT2D eigenvalue weighted by Gasteiger charge is 2.59. The van der Waals surface area contributed by atoms with Crippen molar-refractivity contribution in [1.29, 1.82) is 0 Å². The molecule has 3 nitrogen and oxygen atoms in total. The first-order valence-corrected chi connectivity index (χ1v) is 9.52. The fraction of sp³-hybridized carbons (Fsp3) is 0.762. The summed E-state index contributed by atoms with van der Waals surface area (Å²) in [4.78, 5) is 12.0. The average Bonchev–Trinajstić information content (AvgIpc) is 2.85. The number of allylic oxidation sites excluding steroid dienone is 3. The Kier molecular flexibility index (Phi) is 3.81. The van der Waals surface area contributed by atoms with E-state index >= 15 is 0 Å². The Morgan fingerprint density at radius 3 is 2.79 bits per heavy atom. The lowest BCUT2D eigenvalue weighted by Gasteiger charge is -2.58. The highest BCUT2D eigenvalue weighted by molar-refractivity contribution is 6.01. The van der Waals surface area contributed by atoms with E-state index in [1.165, 1.54) is 5.57 Å². The molecule has 1 N–H and O–H groups in total. The van der Waals surface area contributed by atoms with Gasteiger partial charge in [-0.15, -0.1) is 0 Å². The zero-order valence-electron chi connectivity index (χ0n) is 15.1. The summed E-state index contributed by atoms with van der Waals surface area (Å²) in [5, 5.41) is 10.6. The molecule has 3 heteroatoms. The van der Waals surface area contributed by atoms with Gasteiger partial charge < -0.3 is 9.84 Å². The number of hydrogen-bond donors (Lipinski definition) is 1. The molecule has 3 saturated carbocycles. The van der Waals surface area contributed by atoms with Crippen LogP contribution >= 0.6 is 0 Å². The van der Waals surface area contributed by atoms with Crippen molar-refractivity contribution in [3.63, 3.8) is 0 Å². The smallest absolute Gasteiger partial charge is 0.178 e. The molecule has 0 aliphatic heterocycles. The number of carbonyl (C=O) groups is 1. The minimum absolute atomic E-state index is 0.0190. The van der Waals surface area contributed by atoms with Crippen LogP contribution < -0.4 is 0 Å². The van der Waals surface area contributed by atoms with Crippen LogP contribution in [0.2, 0.25) is 0 Å². The summed E-state index contributed by atoms with van der Waals surface area (Å²) in [6.07, 6.45) is 11.2. The normalized spacial score (nSPS) is 50.1. The molecule has 4 aliphatic carbocycles. The van der Waals surface area contributed by atoms with Gasteiger partial charge in [-0.25, -0.2) is 0 Å². The zero-order valence-corrected chi connectivity index (χ0v) is 15.1. The summed E-state index contributed by atoms with van der Waals surface area (Å²) in [5.41, 5.74) is 1.36. The lowest BCUT2D eigenvalue weighted by atomic mass is 9.46. The van der Waals surface area contributed by atoms with Crippen LogP contribution in [0.5, 0.6) is 0 Å². The van der Waals surface area contributed by atoms with Gasteiger partial charge in [0, 0.05) is 18.4 Å². The maximum atomic E-state index is 12.0. The summed E-state index contributed by atoms with van der Waals surface area (Å²) in [5.74, 6) is 2.27. The van der Waals surface area contributed by atoms with Gasteiger partial charge in [-0.05, 0) is 67.4 Å². The fourth-order valence-corrected chi connectivity index (χ4v) is 6.75. The van der Waals surface area contributed by atoms with Crippen LogP contribution in [0.4, 0.5) is 0 Å². The quantitative estimate of drug-likeness (QED) is 0.842. The van der Waals surface area contributed by atoms with Gasteiger partial charge in [-0.2, -0.15) is 0 Å². The topological polar surface area (TPSA) is 46.5 Å². The molecule has 0 unspecified atom stereocenters. The number of methoxy groups -OCH3 is 1. The Morgan fingerprint density at radius 1 is 1.25 bits per heavy atom. The van der Waals surface area contributed by atoms with Crippen molar-refractivity contribution >= 4 is 5.78 Å². The summed E-state index contributed by atoms with van der Waals surface area (Å²) in [7, 11) is 1.76.